The second-order valence-electron chi connectivity index (χ2n) is 7.55. The lowest BCUT2D eigenvalue weighted by molar-refractivity contribution is -0.122. The number of halogens is 1. The largest absolute Gasteiger partial charge is 0.322 e. The number of amides is 2. The van der Waals surface area contributed by atoms with E-state index in [0.717, 1.165) is 12.0 Å². The van der Waals surface area contributed by atoms with Gasteiger partial charge in [0.2, 0.25) is 5.91 Å². The molecule has 0 bridgehead atoms. The van der Waals surface area contributed by atoms with E-state index < -0.39 is 11.7 Å². The van der Waals surface area contributed by atoms with E-state index in [1.807, 2.05) is 36.4 Å². The maximum Gasteiger partial charge on any atom is 0.258 e. The van der Waals surface area contributed by atoms with E-state index >= 15 is 0 Å². The molecular weight excluding hydrogens is 393 g/mol. The van der Waals surface area contributed by atoms with Gasteiger partial charge in [0.25, 0.3) is 5.91 Å². The van der Waals surface area contributed by atoms with Gasteiger partial charge >= 0.3 is 0 Å². The first-order chi connectivity index (χ1) is 15.0. The number of rotatable bonds is 6. The van der Waals surface area contributed by atoms with Crippen molar-refractivity contribution in [3.8, 4) is 0 Å². The van der Waals surface area contributed by atoms with E-state index in [9.17, 15) is 14.0 Å². The van der Waals surface area contributed by atoms with E-state index in [2.05, 4.69) is 15.8 Å². The van der Waals surface area contributed by atoms with Crippen LogP contribution in [0.15, 0.2) is 84.0 Å². The van der Waals surface area contributed by atoms with Crippen LogP contribution in [-0.4, -0.2) is 17.5 Å². The highest BCUT2D eigenvalue weighted by molar-refractivity contribution is 6.06. The van der Waals surface area contributed by atoms with Gasteiger partial charge in [0.05, 0.1) is 11.3 Å². The molecule has 0 unspecified atom stereocenters. The lowest BCUT2D eigenvalue weighted by atomic mass is 10.1. The minimum absolute atomic E-state index is 0.0250. The molecule has 0 radical (unpaired) electrons. The predicted molar refractivity (Wildman–Crippen MR) is 118 cm³/mol. The summed E-state index contributed by atoms with van der Waals surface area (Å²) >= 11 is 0. The Hall–Kier alpha value is -3.80. The number of hydrogen-bond acceptors (Lipinski definition) is 3. The van der Waals surface area contributed by atoms with Crippen LogP contribution in [0, 0.1) is 11.7 Å². The summed E-state index contributed by atoms with van der Waals surface area (Å²) in [6, 6.07) is 22.8. The minimum atomic E-state index is -0.578. The summed E-state index contributed by atoms with van der Waals surface area (Å²) in [5.41, 5.74) is 5.65. The lowest BCUT2D eigenvalue weighted by Gasteiger charge is -2.08. The standard InChI is InChI=1S/C25H22FN3O2/c1-16(28-29-25(31)22-15-21(22)17-8-3-2-4-9-17)18-10-7-11-19(14-18)27-24(30)20-12-5-6-13-23(20)26/h2-14,21-22H,15H2,1H3,(H,27,30)(H,29,31)/b28-16-/t21-,22+/m0/s1. The third-order valence-electron chi connectivity index (χ3n) is 5.35. The van der Waals surface area contributed by atoms with Gasteiger partial charge in [-0.15, -0.1) is 0 Å². The molecule has 1 saturated carbocycles. The molecule has 2 amide bonds. The van der Waals surface area contributed by atoms with Gasteiger partial charge in [0.1, 0.15) is 5.82 Å². The van der Waals surface area contributed by atoms with E-state index in [0.29, 0.717) is 11.4 Å². The number of hydrogen-bond donors (Lipinski definition) is 2. The van der Waals surface area contributed by atoms with Crippen molar-refractivity contribution in [3.63, 3.8) is 0 Å². The molecule has 2 N–H and O–H groups in total. The van der Waals surface area contributed by atoms with Gasteiger partial charge in [-0.05, 0) is 54.7 Å². The van der Waals surface area contributed by atoms with Crippen LogP contribution in [0.3, 0.4) is 0 Å². The van der Waals surface area contributed by atoms with Gasteiger partial charge < -0.3 is 5.32 Å². The normalized spacial score (nSPS) is 17.7. The number of carbonyl (C=O) groups excluding carboxylic acids is 2. The number of nitrogens with one attached hydrogen (secondary N) is 2. The molecule has 6 heteroatoms. The van der Waals surface area contributed by atoms with Crippen LogP contribution in [0.2, 0.25) is 0 Å². The fourth-order valence-electron chi connectivity index (χ4n) is 3.51. The SMILES string of the molecule is C/C(=N/NC(=O)[C@@H]1C[C@H]1c1ccccc1)c1cccc(NC(=O)c2ccccc2F)c1. The molecular formula is C25H22FN3O2. The van der Waals surface area contributed by atoms with Crippen molar-refractivity contribution in [1.29, 1.82) is 0 Å². The van der Waals surface area contributed by atoms with Gasteiger partial charge in [-0.3, -0.25) is 9.59 Å². The molecule has 0 saturated heterocycles. The summed E-state index contributed by atoms with van der Waals surface area (Å²) in [7, 11) is 0. The summed E-state index contributed by atoms with van der Waals surface area (Å²) in [5, 5.41) is 6.91. The molecule has 156 valence electrons. The Labute approximate surface area is 180 Å². The summed E-state index contributed by atoms with van der Waals surface area (Å²) in [6.07, 6.45) is 0.821. The third kappa shape index (κ3) is 4.86. The fraction of sp³-hybridized carbons (Fsp3) is 0.160. The molecule has 3 aromatic rings. The molecule has 1 aliphatic carbocycles. The quantitative estimate of drug-likeness (QED) is 0.452. The predicted octanol–water partition coefficient (Wildman–Crippen LogP) is 4.72. The number of anilines is 1. The number of carbonyl (C=O) groups is 2. The van der Waals surface area contributed by atoms with Crippen molar-refractivity contribution < 1.29 is 14.0 Å². The summed E-state index contributed by atoms with van der Waals surface area (Å²) < 4.78 is 13.8. The van der Waals surface area contributed by atoms with Crippen LogP contribution in [-0.2, 0) is 4.79 Å². The highest BCUT2D eigenvalue weighted by atomic mass is 19.1. The van der Waals surface area contributed by atoms with Gasteiger partial charge in [-0.1, -0.05) is 54.6 Å². The van der Waals surface area contributed by atoms with E-state index in [-0.39, 0.29) is 23.3 Å². The first-order valence-electron chi connectivity index (χ1n) is 10.1. The number of nitrogens with zero attached hydrogens (tertiary/aromatic N) is 1. The molecule has 3 aromatic carbocycles. The van der Waals surface area contributed by atoms with Crippen LogP contribution in [0.5, 0.6) is 0 Å². The van der Waals surface area contributed by atoms with Crippen molar-refractivity contribution in [2.75, 3.05) is 5.32 Å². The first kappa shape index (κ1) is 20.5. The highest BCUT2D eigenvalue weighted by Gasteiger charge is 2.43. The van der Waals surface area contributed by atoms with Crippen LogP contribution in [0.4, 0.5) is 10.1 Å². The number of hydrazone groups is 1. The second-order valence-corrected chi connectivity index (χ2v) is 7.55. The maximum absolute atomic E-state index is 13.8. The van der Waals surface area contributed by atoms with Gasteiger partial charge in [-0.2, -0.15) is 5.10 Å². The van der Waals surface area contributed by atoms with E-state index in [1.54, 1.807) is 31.2 Å². The Morgan fingerprint density at radius 1 is 0.968 bits per heavy atom. The average molecular weight is 415 g/mol. The van der Waals surface area contributed by atoms with Crippen molar-refractivity contribution in [2.24, 2.45) is 11.0 Å². The molecule has 0 heterocycles. The molecule has 0 aromatic heterocycles. The van der Waals surface area contributed by atoms with Crippen molar-refractivity contribution in [2.45, 2.75) is 19.3 Å². The molecule has 2 atom stereocenters. The lowest BCUT2D eigenvalue weighted by Crippen LogP contribution is -2.21. The molecule has 0 aliphatic heterocycles. The smallest absolute Gasteiger partial charge is 0.258 e. The molecule has 1 aliphatic rings. The van der Waals surface area contributed by atoms with Gasteiger partial charge in [-0.25, -0.2) is 9.82 Å². The molecule has 1 fully saturated rings. The zero-order chi connectivity index (χ0) is 21.8. The van der Waals surface area contributed by atoms with Crippen LogP contribution < -0.4 is 10.7 Å². The van der Waals surface area contributed by atoms with Crippen molar-refractivity contribution in [1.82, 2.24) is 5.43 Å². The minimum Gasteiger partial charge on any atom is -0.322 e. The molecule has 0 spiro atoms. The average Bonchev–Trinajstić information content (AvgIpc) is 3.59. The Morgan fingerprint density at radius 2 is 1.71 bits per heavy atom. The van der Waals surface area contributed by atoms with Gasteiger partial charge in [0.15, 0.2) is 0 Å². The van der Waals surface area contributed by atoms with Crippen LogP contribution in [0.25, 0.3) is 0 Å². The Balaban J connectivity index is 1.38. The van der Waals surface area contributed by atoms with E-state index in [1.165, 1.54) is 23.8 Å². The topological polar surface area (TPSA) is 70.6 Å². The Bertz CT molecular complexity index is 1140. The Morgan fingerprint density at radius 3 is 2.48 bits per heavy atom. The zero-order valence-electron chi connectivity index (χ0n) is 17.0. The van der Waals surface area contributed by atoms with Gasteiger partial charge in [0, 0.05) is 11.6 Å². The van der Waals surface area contributed by atoms with E-state index in [4.69, 9.17) is 0 Å². The maximum atomic E-state index is 13.8. The zero-order valence-corrected chi connectivity index (χ0v) is 17.0. The second kappa shape index (κ2) is 8.92. The first-order valence-corrected chi connectivity index (χ1v) is 10.1. The molecule has 4 rings (SSSR count). The van der Waals surface area contributed by atoms with Crippen molar-refractivity contribution >= 4 is 23.2 Å². The third-order valence-corrected chi connectivity index (χ3v) is 5.35. The summed E-state index contributed by atoms with van der Waals surface area (Å²) in [4.78, 5) is 24.7. The van der Waals surface area contributed by atoms with Crippen LogP contribution >= 0.6 is 0 Å². The highest BCUT2D eigenvalue weighted by Crippen LogP contribution is 2.47. The Kier molecular flexibility index (Phi) is 5.89. The monoisotopic (exact) mass is 415 g/mol. The van der Waals surface area contributed by atoms with Crippen molar-refractivity contribution in [3.05, 3.63) is 101 Å². The molecule has 31 heavy (non-hydrogen) atoms. The summed E-state index contributed by atoms with van der Waals surface area (Å²) in [6.45, 7) is 1.78. The van der Waals surface area contributed by atoms with Crippen LogP contribution in [0.1, 0.15) is 40.7 Å². The molecule has 5 nitrogen and oxygen atoms in total. The summed E-state index contributed by atoms with van der Waals surface area (Å²) in [5.74, 6) is -1.03. The fourth-order valence-corrected chi connectivity index (χ4v) is 3.51. The number of benzene rings is 3.